The first kappa shape index (κ1) is 13.4. The first-order valence-corrected chi connectivity index (χ1v) is 7.81. The summed E-state index contributed by atoms with van der Waals surface area (Å²) in [5.74, 6) is 0.365. The van der Waals surface area contributed by atoms with E-state index in [1.807, 2.05) is 13.8 Å². The van der Waals surface area contributed by atoms with Crippen LogP contribution in [0.15, 0.2) is 6.07 Å². The third kappa shape index (κ3) is 2.84. The molecule has 1 aliphatic heterocycles. The number of H-pyrrole nitrogens is 1. The molecule has 18 heavy (non-hydrogen) atoms. The summed E-state index contributed by atoms with van der Waals surface area (Å²) in [6.07, 6.45) is 3.73. The number of nitrogens with zero attached hydrogens (tertiary/aromatic N) is 2. The normalized spacial score (nSPS) is 22.0. The molecule has 0 amide bonds. The molecule has 1 aromatic rings. The molecule has 2 rings (SSSR count). The van der Waals surface area contributed by atoms with Crippen molar-refractivity contribution in [3.63, 3.8) is 0 Å². The Kier molecular flexibility index (Phi) is 3.91. The van der Waals surface area contributed by atoms with Gasteiger partial charge in [-0.2, -0.15) is 17.8 Å². The fraction of sp³-hybridized carbons (Fsp3) is 0.727. The molecule has 1 fully saturated rings. The monoisotopic (exact) mass is 272 g/mol. The standard InChI is InChI=1S/C11H20N4O2S/c1-3-10-8-11(13-12-10)14-18(16,17)15-7-5-4-6-9(15)2/h8-9H,3-7H2,1-2H3,(H2,12,13,14). The SMILES string of the molecule is CCc1cc(NS(=O)(=O)N2CCCCC2C)n[nH]1. The third-order valence-electron chi connectivity index (χ3n) is 3.30. The van der Waals surface area contributed by atoms with Gasteiger partial charge in [0.05, 0.1) is 0 Å². The maximum Gasteiger partial charge on any atom is 0.303 e. The molecule has 1 unspecified atom stereocenters. The zero-order valence-electron chi connectivity index (χ0n) is 10.8. The minimum Gasteiger partial charge on any atom is -0.280 e. The van der Waals surface area contributed by atoms with Crippen molar-refractivity contribution in [3.8, 4) is 0 Å². The predicted octanol–water partition coefficient (Wildman–Crippen LogP) is 1.50. The zero-order valence-corrected chi connectivity index (χ0v) is 11.6. The van der Waals surface area contributed by atoms with Gasteiger partial charge in [0, 0.05) is 24.3 Å². The summed E-state index contributed by atoms with van der Waals surface area (Å²) in [4.78, 5) is 0. The van der Waals surface area contributed by atoms with Gasteiger partial charge in [0.1, 0.15) is 0 Å². The van der Waals surface area contributed by atoms with Crippen LogP contribution < -0.4 is 4.72 Å². The Morgan fingerprint density at radius 2 is 2.33 bits per heavy atom. The maximum absolute atomic E-state index is 12.2. The smallest absolute Gasteiger partial charge is 0.280 e. The summed E-state index contributed by atoms with van der Waals surface area (Å²) < 4.78 is 28.5. The summed E-state index contributed by atoms with van der Waals surface area (Å²) in [6.45, 7) is 4.51. The average Bonchev–Trinajstić information content (AvgIpc) is 2.76. The van der Waals surface area contributed by atoms with E-state index in [4.69, 9.17) is 0 Å². The van der Waals surface area contributed by atoms with Crippen molar-refractivity contribution in [2.75, 3.05) is 11.3 Å². The van der Waals surface area contributed by atoms with E-state index in [0.29, 0.717) is 12.4 Å². The molecule has 6 nitrogen and oxygen atoms in total. The van der Waals surface area contributed by atoms with Gasteiger partial charge in [-0.3, -0.25) is 9.82 Å². The van der Waals surface area contributed by atoms with Crippen LogP contribution in [0, 0.1) is 0 Å². The molecular weight excluding hydrogens is 252 g/mol. The molecule has 0 aromatic carbocycles. The van der Waals surface area contributed by atoms with Gasteiger partial charge in [0.2, 0.25) is 0 Å². The second-order valence-electron chi connectivity index (χ2n) is 4.69. The van der Waals surface area contributed by atoms with Crippen LogP contribution in [0.25, 0.3) is 0 Å². The molecule has 0 radical (unpaired) electrons. The number of rotatable bonds is 4. The van der Waals surface area contributed by atoms with E-state index < -0.39 is 10.2 Å². The van der Waals surface area contributed by atoms with Crippen molar-refractivity contribution in [1.82, 2.24) is 14.5 Å². The lowest BCUT2D eigenvalue weighted by molar-refractivity contribution is 0.270. The van der Waals surface area contributed by atoms with E-state index in [0.717, 1.165) is 31.4 Å². The lowest BCUT2D eigenvalue weighted by Gasteiger charge is -2.31. The van der Waals surface area contributed by atoms with Gasteiger partial charge in [-0.1, -0.05) is 13.3 Å². The molecule has 0 bridgehead atoms. The van der Waals surface area contributed by atoms with Crippen molar-refractivity contribution in [2.45, 2.75) is 45.6 Å². The lowest BCUT2D eigenvalue weighted by Crippen LogP contribution is -2.44. The molecule has 1 saturated heterocycles. The number of aromatic nitrogens is 2. The van der Waals surface area contributed by atoms with Gasteiger partial charge in [0.25, 0.3) is 0 Å². The van der Waals surface area contributed by atoms with Crippen LogP contribution in [0.5, 0.6) is 0 Å². The van der Waals surface area contributed by atoms with E-state index in [-0.39, 0.29) is 6.04 Å². The van der Waals surface area contributed by atoms with E-state index in [1.54, 1.807) is 6.07 Å². The Bertz CT molecular complexity index is 497. The van der Waals surface area contributed by atoms with Gasteiger partial charge in [-0.05, 0) is 26.2 Å². The number of hydrogen-bond donors (Lipinski definition) is 2. The van der Waals surface area contributed by atoms with Crippen molar-refractivity contribution < 1.29 is 8.42 Å². The van der Waals surface area contributed by atoms with Crippen LogP contribution in [0.3, 0.4) is 0 Å². The molecule has 1 atom stereocenters. The number of piperidine rings is 1. The van der Waals surface area contributed by atoms with E-state index in [1.165, 1.54) is 4.31 Å². The topological polar surface area (TPSA) is 78.1 Å². The van der Waals surface area contributed by atoms with Crippen molar-refractivity contribution in [3.05, 3.63) is 11.8 Å². The number of hydrogen-bond acceptors (Lipinski definition) is 3. The summed E-state index contributed by atoms with van der Waals surface area (Å²) in [6, 6.07) is 1.78. The molecule has 0 saturated carbocycles. The van der Waals surface area contributed by atoms with E-state index in [9.17, 15) is 8.42 Å². The van der Waals surface area contributed by atoms with Crippen LogP contribution in [-0.4, -0.2) is 35.5 Å². The molecule has 1 aromatic heterocycles. The number of anilines is 1. The second-order valence-corrected chi connectivity index (χ2v) is 6.32. The van der Waals surface area contributed by atoms with Crippen LogP contribution in [0.2, 0.25) is 0 Å². The van der Waals surface area contributed by atoms with Crippen LogP contribution in [-0.2, 0) is 16.6 Å². The van der Waals surface area contributed by atoms with Crippen LogP contribution in [0.4, 0.5) is 5.82 Å². The first-order valence-electron chi connectivity index (χ1n) is 6.37. The molecule has 2 N–H and O–H groups in total. The molecule has 1 aliphatic rings. The second kappa shape index (κ2) is 5.27. The number of aromatic amines is 1. The third-order valence-corrected chi connectivity index (χ3v) is 4.92. The fourth-order valence-electron chi connectivity index (χ4n) is 2.21. The Morgan fingerprint density at radius 1 is 1.56 bits per heavy atom. The summed E-state index contributed by atoms with van der Waals surface area (Å²) >= 11 is 0. The van der Waals surface area contributed by atoms with E-state index in [2.05, 4.69) is 14.9 Å². The van der Waals surface area contributed by atoms with Gasteiger partial charge in [-0.15, -0.1) is 0 Å². The van der Waals surface area contributed by atoms with Gasteiger partial charge < -0.3 is 0 Å². The average molecular weight is 272 g/mol. The van der Waals surface area contributed by atoms with Crippen molar-refractivity contribution in [1.29, 1.82) is 0 Å². The number of nitrogens with one attached hydrogen (secondary N) is 2. The highest BCUT2D eigenvalue weighted by Gasteiger charge is 2.29. The maximum atomic E-state index is 12.2. The van der Waals surface area contributed by atoms with Crippen molar-refractivity contribution >= 4 is 16.0 Å². The molecule has 7 heteroatoms. The van der Waals surface area contributed by atoms with Crippen molar-refractivity contribution in [2.24, 2.45) is 0 Å². The fourth-order valence-corrected chi connectivity index (χ4v) is 3.65. The van der Waals surface area contributed by atoms with Gasteiger partial charge in [0.15, 0.2) is 5.82 Å². The Hall–Kier alpha value is -1.08. The Morgan fingerprint density at radius 3 is 2.94 bits per heavy atom. The highest BCUT2D eigenvalue weighted by molar-refractivity contribution is 7.90. The minimum atomic E-state index is -3.48. The molecule has 102 valence electrons. The molecule has 0 spiro atoms. The molecular formula is C11H20N4O2S. The highest BCUT2D eigenvalue weighted by Crippen LogP contribution is 2.21. The predicted molar refractivity (Wildman–Crippen MR) is 70.5 cm³/mol. The Labute approximate surface area is 108 Å². The number of aryl methyl sites for hydroxylation is 1. The summed E-state index contributed by atoms with van der Waals surface area (Å²) in [5, 5.41) is 6.75. The quantitative estimate of drug-likeness (QED) is 0.872. The molecule has 0 aliphatic carbocycles. The first-order chi connectivity index (χ1) is 8.53. The lowest BCUT2D eigenvalue weighted by atomic mass is 10.1. The largest absolute Gasteiger partial charge is 0.303 e. The van der Waals surface area contributed by atoms with Gasteiger partial charge >= 0.3 is 10.2 Å². The Balaban J connectivity index is 2.10. The van der Waals surface area contributed by atoms with Crippen LogP contribution in [0.1, 0.15) is 38.8 Å². The van der Waals surface area contributed by atoms with E-state index >= 15 is 0 Å². The minimum absolute atomic E-state index is 0.0563. The highest BCUT2D eigenvalue weighted by atomic mass is 32.2. The van der Waals surface area contributed by atoms with Gasteiger partial charge in [-0.25, -0.2) is 0 Å². The summed E-state index contributed by atoms with van der Waals surface area (Å²) in [7, 11) is -3.48. The summed E-state index contributed by atoms with van der Waals surface area (Å²) in [5.41, 5.74) is 0.916. The zero-order chi connectivity index (χ0) is 13.2. The molecule has 2 heterocycles. The van der Waals surface area contributed by atoms with Crippen LogP contribution >= 0.6 is 0 Å².